The maximum Gasteiger partial charge on any atom is 0.206 e. The first kappa shape index (κ1) is 9.80. The van der Waals surface area contributed by atoms with E-state index in [-0.39, 0.29) is 11.8 Å². The zero-order chi connectivity index (χ0) is 10.0. The van der Waals surface area contributed by atoms with Crippen molar-refractivity contribution in [3.63, 3.8) is 0 Å². The molecular weight excluding hydrogens is 171 g/mol. The molecule has 5 N–H and O–H groups in total. The van der Waals surface area contributed by atoms with E-state index in [1.165, 1.54) is 6.07 Å². The van der Waals surface area contributed by atoms with Crippen molar-refractivity contribution in [2.45, 2.75) is 20.0 Å². The molecule has 0 aromatic heterocycles. The zero-order valence-corrected chi connectivity index (χ0v) is 7.80. The van der Waals surface area contributed by atoms with Crippen LogP contribution in [0, 0.1) is 5.82 Å². The van der Waals surface area contributed by atoms with Crippen LogP contribution < -0.4 is 16.2 Å². The average molecular weight is 185 g/mol. The molecule has 1 aromatic carbocycles. The molecule has 0 fully saturated rings. The number of quaternary nitrogens is 1. The van der Waals surface area contributed by atoms with E-state index in [1.807, 2.05) is 13.8 Å². The summed E-state index contributed by atoms with van der Waals surface area (Å²) < 4.78 is 18.4. The Morgan fingerprint density at radius 1 is 1.46 bits per heavy atom. The summed E-state index contributed by atoms with van der Waals surface area (Å²) >= 11 is 0. The van der Waals surface area contributed by atoms with Gasteiger partial charge in [-0.05, 0) is 13.8 Å². The first-order valence-electron chi connectivity index (χ1n) is 4.08. The molecular formula is C9H14FN2O+. The zero-order valence-electron chi connectivity index (χ0n) is 7.80. The van der Waals surface area contributed by atoms with Gasteiger partial charge in [0, 0.05) is 17.8 Å². The van der Waals surface area contributed by atoms with Gasteiger partial charge in [0.1, 0.15) is 0 Å². The third-order valence-electron chi connectivity index (χ3n) is 1.54. The second-order valence-electron chi connectivity index (χ2n) is 3.15. The Morgan fingerprint density at radius 2 is 2.08 bits per heavy atom. The monoisotopic (exact) mass is 185 g/mol. The molecule has 4 heteroatoms. The van der Waals surface area contributed by atoms with Gasteiger partial charge in [-0.25, -0.2) is 4.39 Å². The van der Waals surface area contributed by atoms with Gasteiger partial charge in [-0.15, -0.1) is 0 Å². The Bertz CT molecular complexity index is 313. The maximum atomic E-state index is 13.1. The minimum absolute atomic E-state index is 0.0123. The Hall–Kier alpha value is -1.29. The first-order valence-corrected chi connectivity index (χ1v) is 4.08. The molecule has 0 aliphatic heterocycles. The van der Waals surface area contributed by atoms with Crippen LogP contribution in [0.5, 0.6) is 5.75 Å². The largest absolute Gasteiger partial charge is 0.485 e. The molecule has 0 saturated carbocycles. The highest BCUT2D eigenvalue weighted by Crippen LogP contribution is 2.26. The average Bonchev–Trinajstić information content (AvgIpc) is 1.98. The number of benzene rings is 1. The lowest BCUT2D eigenvalue weighted by molar-refractivity contribution is -0.260. The molecule has 0 atom stereocenters. The Morgan fingerprint density at radius 3 is 2.62 bits per heavy atom. The molecule has 1 rings (SSSR count). The van der Waals surface area contributed by atoms with Crippen LogP contribution in [0.1, 0.15) is 13.8 Å². The molecule has 0 aliphatic carbocycles. The van der Waals surface area contributed by atoms with E-state index < -0.39 is 5.82 Å². The van der Waals surface area contributed by atoms with Crippen molar-refractivity contribution < 1.29 is 14.9 Å². The van der Waals surface area contributed by atoms with Gasteiger partial charge < -0.3 is 16.2 Å². The topological polar surface area (TPSA) is 62.9 Å². The lowest BCUT2D eigenvalue weighted by atomic mass is 10.2. The fourth-order valence-corrected chi connectivity index (χ4v) is 0.990. The van der Waals surface area contributed by atoms with Crippen LogP contribution in [0.4, 0.5) is 15.8 Å². The summed E-state index contributed by atoms with van der Waals surface area (Å²) in [5, 5.41) is 0. The molecule has 0 radical (unpaired) electrons. The summed E-state index contributed by atoms with van der Waals surface area (Å²) in [6.45, 7) is 3.72. The fourth-order valence-electron chi connectivity index (χ4n) is 0.990. The van der Waals surface area contributed by atoms with Crippen molar-refractivity contribution in [3.05, 3.63) is 17.9 Å². The number of nitrogen functional groups attached to an aromatic ring is 1. The van der Waals surface area contributed by atoms with Crippen molar-refractivity contribution >= 4 is 11.4 Å². The van der Waals surface area contributed by atoms with Crippen LogP contribution in [-0.2, 0) is 0 Å². The van der Waals surface area contributed by atoms with E-state index in [0.717, 1.165) is 0 Å². The summed E-state index contributed by atoms with van der Waals surface area (Å²) in [6.07, 6.45) is -0.0123. The van der Waals surface area contributed by atoms with Gasteiger partial charge in [-0.2, -0.15) is 0 Å². The Kier molecular flexibility index (Phi) is 2.72. The molecule has 0 bridgehead atoms. The highest BCUT2D eigenvalue weighted by molar-refractivity contribution is 5.56. The van der Waals surface area contributed by atoms with E-state index in [4.69, 9.17) is 10.5 Å². The second-order valence-corrected chi connectivity index (χ2v) is 3.15. The fraction of sp³-hybridized carbons (Fsp3) is 0.333. The summed E-state index contributed by atoms with van der Waals surface area (Å²) in [5.41, 5.74) is 9.62. The highest BCUT2D eigenvalue weighted by Gasteiger charge is 2.12. The molecule has 0 unspecified atom stereocenters. The molecule has 72 valence electrons. The molecule has 0 heterocycles. The van der Waals surface area contributed by atoms with Crippen molar-refractivity contribution in [2.75, 3.05) is 5.73 Å². The van der Waals surface area contributed by atoms with Crippen molar-refractivity contribution in [3.8, 4) is 5.75 Å². The molecule has 3 nitrogen and oxygen atoms in total. The predicted molar refractivity (Wildman–Crippen MR) is 49.1 cm³/mol. The van der Waals surface area contributed by atoms with Crippen molar-refractivity contribution in [1.29, 1.82) is 0 Å². The molecule has 0 aliphatic rings. The number of hydrogen-bond donors (Lipinski definition) is 2. The predicted octanol–water partition coefficient (Wildman–Crippen LogP) is 1.07. The van der Waals surface area contributed by atoms with Crippen LogP contribution in [0.25, 0.3) is 0 Å². The number of anilines is 1. The number of halogens is 1. The summed E-state index contributed by atoms with van der Waals surface area (Å²) in [5.74, 6) is -0.0249. The number of hydrogen-bond acceptors (Lipinski definition) is 2. The van der Waals surface area contributed by atoms with E-state index in [0.29, 0.717) is 11.4 Å². The molecule has 0 amide bonds. The minimum Gasteiger partial charge on any atom is -0.485 e. The van der Waals surface area contributed by atoms with Gasteiger partial charge >= 0.3 is 0 Å². The van der Waals surface area contributed by atoms with Crippen LogP contribution in [0.2, 0.25) is 0 Å². The quantitative estimate of drug-likeness (QED) is 0.677. The second kappa shape index (κ2) is 3.62. The van der Waals surface area contributed by atoms with Gasteiger partial charge in [-0.3, -0.25) is 0 Å². The molecule has 0 saturated heterocycles. The van der Waals surface area contributed by atoms with E-state index in [2.05, 4.69) is 5.73 Å². The van der Waals surface area contributed by atoms with Crippen molar-refractivity contribution in [2.24, 2.45) is 0 Å². The lowest BCUT2D eigenvalue weighted by Gasteiger charge is -2.10. The Balaban J connectivity index is 3.05. The SMILES string of the molecule is CC(C)Oc1cc(N)cc(F)c1[NH3+]. The van der Waals surface area contributed by atoms with E-state index >= 15 is 0 Å². The van der Waals surface area contributed by atoms with Crippen LogP contribution >= 0.6 is 0 Å². The van der Waals surface area contributed by atoms with Crippen LogP contribution in [0.15, 0.2) is 12.1 Å². The maximum absolute atomic E-state index is 13.1. The Labute approximate surface area is 76.5 Å². The smallest absolute Gasteiger partial charge is 0.206 e. The molecule has 13 heavy (non-hydrogen) atoms. The normalized spacial score (nSPS) is 10.5. The first-order chi connectivity index (χ1) is 6.00. The van der Waals surface area contributed by atoms with Crippen LogP contribution in [-0.4, -0.2) is 6.10 Å². The summed E-state index contributed by atoms with van der Waals surface area (Å²) in [7, 11) is 0. The third kappa shape index (κ3) is 2.32. The summed E-state index contributed by atoms with van der Waals surface area (Å²) in [4.78, 5) is 0. The van der Waals surface area contributed by atoms with Gasteiger partial charge in [0.05, 0.1) is 6.10 Å². The van der Waals surface area contributed by atoms with Gasteiger partial charge in [0.25, 0.3) is 0 Å². The van der Waals surface area contributed by atoms with Crippen molar-refractivity contribution in [1.82, 2.24) is 0 Å². The summed E-state index contributed by atoms with van der Waals surface area (Å²) in [6, 6.07) is 2.81. The lowest BCUT2D eigenvalue weighted by Crippen LogP contribution is -2.42. The van der Waals surface area contributed by atoms with Gasteiger partial charge in [-0.1, -0.05) is 0 Å². The van der Waals surface area contributed by atoms with Gasteiger partial charge in [0.2, 0.25) is 5.69 Å². The third-order valence-corrected chi connectivity index (χ3v) is 1.54. The number of nitrogens with two attached hydrogens (primary N) is 1. The van der Waals surface area contributed by atoms with E-state index in [1.54, 1.807) is 6.07 Å². The van der Waals surface area contributed by atoms with E-state index in [9.17, 15) is 4.39 Å². The minimum atomic E-state index is -0.435. The standard InChI is InChI=1S/C9H13FN2O/c1-5(2)13-8-4-6(11)3-7(10)9(8)12/h3-5H,11-12H2,1-2H3/p+1. The highest BCUT2D eigenvalue weighted by atomic mass is 19.1. The number of rotatable bonds is 2. The van der Waals surface area contributed by atoms with Gasteiger partial charge in [0.15, 0.2) is 11.6 Å². The number of ether oxygens (including phenoxy) is 1. The molecule has 1 aromatic rings. The van der Waals surface area contributed by atoms with Crippen LogP contribution in [0.3, 0.4) is 0 Å². The molecule has 0 spiro atoms.